The number of aliphatic hydroxyl groups excluding tert-OH is 1. The molecular weight excluding hydrogens is 336 g/mol. The minimum atomic E-state index is -1.60. The van der Waals surface area contributed by atoms with Crippen molar-refractivity contribution in [2.75, 3.05) is 13.2 Å². The first-order valence-electron chi connectivity index (χ1n) is 8.80. The summed E-state index contributed by atoms with van der Waals surface area (Å²) in [4.78, 5) is 25.3. The zero-order valence-corrected chi connectivity index (χ0v) is 16.8. The molecule has 0 bridgehead atoms. The molecule has 0 atom stereocenters. The Kier molecular flexibility index (Phi) is 5.74. The highest BCUT2D eigenvalue weighted by molar-refractivity contribution is 6.88. The van der Waals surface area contributed by atoms with Crippen LogP contribution in [0.1, 0.15) is 30.5 Å². The summed E-state index contributed by atoms with van der Waals surface area (Å²) < 4.78 is 10.4. The second-order valence-electron chi connectivity index (χ2n) is 7.56. The van der Waals surface area contributed by atoms with Gasteiger partial charge in [0.25, 0.3) is 0 Å². The van der Waals surface area contributed by atoms with Crippen LogP contribution in [0.3, 0.4) is 0 Å². The summed E-state index contributed by atoms with van der Waals surface area (Å²) in [5.74, 6) is -1.08. The third-order valence-corrected chi connectivity index (χ3v) is 6.79. The van der Waals surface area contributed by atoms with E-state index in [4.69, 9.17) is 9.47 Å². The van der Waals surface area contributed by atoms with Crippen LogP contribution in [-0.4, -0.2) is 38.3 Å². The van der Waals surface area contributed by atoms with Crippen LogP contribution in [0.2, 0.25) is 19.6 Å². The predicted molar refractivity (Wildman–Crippen MR) is 98.5 cm³/mol. The zero-order valence-electron chi connectivity index (χ0n) is 15.8. The van der Waals surface area contributed by atoms with Crippen LogP contribution in [0.25, 0.3) is 0 Å². The van der Waals surface area contributed by atoms with E-state index in [1.807, 2.05) is 6.07 Å². The molecule has 1 aromatic carbocycles. The summed E-state index contributed by atoms with van der Waals surface area (Å²) >= 11 is 0. The second-order valence-corrected chi connectivity index (χ2v) is 12.6. The highest BCUT2D eigenvalue weighted by atomic mass is 28.3. The molecule has 0 fully saturated rings. The number of carbonyl (C=O) groups excluding carboxylic acids is 2. The average Bonchev–Trinajstić information content (AvgIpc) is 2.94. The van der Waals surface area contributed by atoms with Crippen molar-refractivity contribution < 1.29 is 24.2 Å². The first-order chi connectivity index (χ1) is 11.7. The quantitative estimate of drug-likeness (QED) is 0.474. The van der Waals surface area contributed by atoms with Gasteiger partial charge in [0.1, 0.15) is 0 Å². The maximum Gasteiger partial charge on any atom is 0.324 e. The van der Waals surface area contributed by atoms with Crippen molar-refractivity contribution in [2.45, 2.75) is 52.9 Å². The van der Waals surface area contributed by atoms with Crippen molar-refractivity contribution in [3.05, 3.63) is 28.8 Å². The molecule has 1 aromatic rings. The Balaban J connectivity index is 2.54. The van der Waals surface area contributed by atoms with Crippen LogP contribution in [0.5, 0.6) is 0 Å². The van der Waals surface area contributed by atoms with E-state index in [2.05, 4.69) is 25.7 Å². The molecule has 0 radical (unpaired) electrons. The van der Waals surface area contributed by atoms with Crippen LogP contribution in [0.15, 0.2) is 12.1 Å². The highest BCUT2D eigenvalue weighted by Gasteiger charge is 2.53. The zero-order chi connectivity index (χ0) is 18.8. The number of esters is 2. The predicted octanol–water partition coefficient (Wildman–Crippen LogP) is 1.94. The Labute approximate surface area is 150 Å². The normalized spacial score (nSPS) is 15.6. The number of hydrogen-bond acceptors (Lipinski definition) is 5. The van der Waals surface area contributed by atoms with Crippen molar-refractivity contribution in [2.24, 2.45) is 5.41 Å². The smallest absolute Gasteiger partial charge is 0.324 e. The summed E-state index contributed by atoms with van der Waals surface area (Å²) in [6.07, 6.45) is 0.493. The Hall–Kier alpha value is -1.66. The van der Waals surface area contributed by atoms with Gasteiger partial charge in [0, 0.05) is 6.42 Å². The molecule has 0 aromatic heterocycles. The molecule has 25 heavy (non-hydrogen) atoms. The van der Waals surface area contributed by atoms with Crippen LogP contribution in [-0.2, 0) is 38.5 Å². The molecule has 6 heteroatoms. The minimum Gasteiger partial charge on any atom is -0.465 e. The molecule has 1 N–H and O–H groups in total. The lowest BCUT2D eigenvalue weighted by Gasteiger charge is -2.24. The fourth-order valence-corrected chi connectivity index (χ4v) is 4.57. The second kappa shape index (κ2) is 7.29. The van der Waals surface area contributed by atoms with Gasteiger partial charge in [-0.05, 0) is 37.0 Å². The largest absolute Gasteiger partial charge is 0.465 e. The lowest BCUT2D eigenvalue weighted by molar-refractivity contribution is -0.171. The van der Waals surface area contributed by atoms with Crippen LogP contribution < -0.4 is 5.19 Å². The summed E-state index contributed by atoms with van der Waals surface area (Å²) in [7, 11) is -1.60. The van der Waals surface area contributed by atoms with Gasteiger partial charge < -0.3 is 14.6 Å². The van der Waals surface area contributed by atoms with E-state index in [0.717, 1.165) is 16.7 Å². The molecular formula is C19H28O5Si. The summed E-state index contributed by atoms with van der Waals surface area (Å²) in [5.41, 5.74) is 1.29. The average molecular weight is 365 g/mol. The standard InChI is InChI=1S/C19H28O5Si/c1-6-23-17(21)19(18(22)24-7-2)10-13-8-15(25(3,4)5)9-14(12-20)16(13)11-19/h8-9,20H,6-7,10-12H2,1-5H3. The van der Waals surface area contributed by atoms with Gasteiger partial charge >= 0.3 is 11.9 Å². The number of hydrogen-bond donors (Lipinski definition) is 1. The van der Waals surface area contributed by atoms with E-state index in [9.17, 15) is 14.7 Å². The van der Waals surface area contributed by atoms with E-state index in [0.29, 0.717) is 0 Å². The molecule has 0 saturated heterocycles. The first kappa shape index (κ1) is 19.7. The minimum absolute atomic E-state index is 0.109. The van der Waals surface area contributed by atoms with Crippen molar-refractivity contribution in [3.63, 3.8) is 0 Å². The van der Waals surface area contributed by atoms with Crippen molar-refractivity contribution >= 4 is 25.2 Å². The number of rotatable bonds is 6. The van der Waals surface area contributed by atoms with Gasteiger partial charge in [-0.1, -0.05) is 37.0 Å². The Morgan fingerprint density at radius 1 is 1.08 bits per heavy atom. The molecule has 0 spiro atoms. The Morgan fingerprint density at radius 3 is 2.08 bits per heavy atom. The van der Waals surface area contributed by atoms with Crippen LogP contribution in [0, 0.1) is 5.41 Å². The van der Waals surface area contributed by atoms with Crippen molar-refractivity contribution in [3.8, 4) is 0 Å². The number of carbonyl (C=O) groups is 2. The van der Waals surface area contributed by atoms with Gasteiger partial charge in [-0.15, -0.1) is 0 Å². The fourth-order valence-electron chi connectivity index (χ4n) is 3.36. The summed E-state index contributed by atoms with van der Waals surface area (Å²) in [5, 5.41) is 11.0. The molecule has 0 saturated carbocycles. The van der Waals surface area contributed by atoms with Crippen molar-refractivity contribution in [1.29, 1.82) is 0 Å². The Morgan fingerprint density at radius 2 is 1.64 bits per heavy atom. The monoisotopic (exact) mass is 364 g/mol. The molecule has 1 aliphatic carbocycles. The lowest BCUT2D eigenvalue weighted by atomic mass is 9.84. The van der Waals surface area contributed by atoms with Crippen molar-refractivity contribution in [1.82, 2.24) is 0 Å². The fraction of sp³-hybridized carbons (Fsp3) is 0.579. The van der Waals surface area contributed by atoms with Gasteiger partial charge in [0.05, 0.1) is 27.9 Å². The molecule has 138 valence electrons. The van der Waals surface area contributed by atoms with Gasteiger partial charge in [0.2, 0.25) is 0 Å². The topological polar surface area (TPSA) is 72.8 Å². The van der Waals surface area contributed by atoms with Gasteiger partial charge in [0.15, 0.2) is 5.41 Å². The SMILES string of the molecule is CCOC(=O)C1(C(=O)OCC)Cc2cc([Si](C)(C)C)cc(CO)c2C1. The van der Waals surface area contributed by atoms with Crippen LogP contribution in [0.4, 0.5) is 0 Å². The maximum absolute atomic E-state index is 12.7. The molecule has 5 nitrogen and oxygen atoms in total. The first-order valence-corrected chi connectivity index (χ1v) is 12.3. The van der Waals surface area contributed by atoms with Gasteiger partial charge in [-0.25, -0.2) is 0 Å². The number of aliphatic hydroxyl groups is 1. The third-order valence-electron chi connectivity index (χ3n) is 4.77. The Bertz CT molecular complexity index is 657. The summed E-state index contributed by atoms with van der Waals surface area (Å²) in [6, 6.07) is 4.12. The molecule has 1 aliphatic rings. The highest BCUT2D eigenvalue weighted by Crippen LogP contribution is 2.41. The van der Waals surface area contributed by atoms with E-state index in [-0.39, 0.29) is 32.7 Å². The van der Waals surface area contributed by atoms with Crippen LogP contribution >= 0.6 is 0 Å². The van der Waals surface area contributed by atoms with E-state index >= 15 is 0 Å². The number of fused-ring (bicyclic) bond motifs is 1. The molecule has 0 heterocycles. The molecule has 2 rings (SSSR count). The van der Waals surface area contributed by atoms with E-state index in [1.165, 1.54) is 5.19 Å². The molecule has 0 aliphatic heterocycles. The third kappa shape index (κ3) is 3.65. The van der Waals surface area contributed by atoms with E-state index in [1.54, 1.807) is 13.8 Å². The summed E-state index contributed by atoms with van der Waals surface area (Å²) in [6.45, 7) is 10.5. The maximum atomic E-state index is 12.7. The number of ether oxygens (including phenoxy) is 2. The molecule has 0 amide bonds. The van der Waals surface area contributed by atoms with E-state index < -0.39 is 25.4 Å². The molecule has 0 unspecified atom stereocenters. The van der Waals surface area contributed by atoms with Gasteiger partial charge in [-0.2, -0.15) is 0 Å². The number of benzene rings is 1. The lowest BCUT2D eigenvalue weighted by Crippen LogP contribution is -2.43. The van der Waals surface area contributed by atoms with Gasteiger partial charge in [-0.3, -0.25) is 9.59 Å².